The molecule has 18 heavy (non-hydrogen) atoms. The number of thiazole rings is 1. The third-order valence-corrected chi connectivity index (χ3v) is 3.59. The van der Waals surface area contributed by atoms with Crippen LogP contribution in [0.25, 0.3) is 0 Å². The third kappa shape index (κ3) is 2.78. The average Bonchev–Trinajstić information content (AvgIpc) is 3.12. The standard InChI is InChI=1S/C12H14N2O3S/c1-2-9(15-3-1)6-13-7-10-8-14-11(18-10)12-16-4-5-17-12/h1-3,8,12-13H,4-7H2. The van der Waals surface area contributed by atoms with Gasteiger partial charge in [-0.25, -0.2) is 4.98 Å². The molecule has 0 amide bonds. The minimum Gasteiger partial charge on any atom is -0.468 e. The van der Waals surface area contributed by atoms with Crippen LogP contribution >= 0.6 is 11.3 Å². The Labute approximate surface area is 109 Å². The fraction of sp³-hybridized carbons (Fsp3) is 0.417. The van der Waals surface area contributed by atoms with Crippen molar-refractivity contribution in [3.05, 3.63) is 40.2 Å². The number of aromatic nitrogens is 1. The maximum absolute atomic E-state index is 5.41. The number of nitrogens with one attached hydrogen (secondary N) is 1. The molecular weight excluding hydrogens is 252 g/mol. The number of furan rings is 1. The lowest BCUT2D eigenvalue weighted by Gasteiger charge is -2.03. The van der Waals surface area contributed by atoms with E-state index in [2.05, 4.69) is 10.3 Å². The highest BCUT2D eigenvalue weighted by Gasteiger charge is 2.21. The topological polar surface area (TPSA) is 56.5 Å². The Balaban J connectivity index is 1.50. The molecule has 0 bridgehead atoms. The van der Waals surface area contributed by atoms with Gasteiger partial charge in [0.2, 0.25) is 6.29 Å². The third-order valence-electron chi connectivity index (χ3n) is 2.57. The van der Waals surface area contributed by atoms with Crippen molar-refractivity contribution >= 4 is 11.3 Å². The van der Waals surface area contributed by atoms with Crippen molar-refractivity contribution in [3.8, 4) is 0 Å². The summed E-state index contributed by atoms with van der Waals surface area (Å²) in [5.74, 6) is 0.933. The van der Waals surface area contributed by atoms with E-state index in [0.717, 1.165) is 28.7 Å². The number of rotatable bonds is 5. The van der Waals surface area contributed by atoms with Crippen LogP contribution in [0.1, 0.15) is 21.9 Å². The van der Waals surface area contributed by atoms with E-state index in [-0.39, 0.29) is 6.29 Å². The Bertz CT molecular complexity index is 477. The monoisotopic (exact) mass is 266 g/mol. The van der Waals surface area contributed by atoms with E-state index in [4.69, 9.17) is 13.9 Å². The fourth-order valence-electron chi connectivity index (χ4n) is 1.74. The summed E-state index contributed by atoms with van der Waals surface area (Å²) in [6, 6.07) is 3.84. The van der Waals surface area contributed by atoms with Crippen LogP contribution in [0.2, 0.25) is 0 Å². The van der Waals surface area contributed by atoms with Crippen LogP contribution in [-0.4, -0.2) is 18.2 Å². The fourth-order valence-corrected chi connectivity index (χ4v) is 2.62. The molecule has 0 radical (unpaired) electrons. The SMILES string of the molecule is c1coc(CNCc2cnc(C3OCCO3)s2)c1. The molecule has 96 valence electrons. The normalized spacial score (nSPS) is 16.4. The van der Waals surface area contributed by atoms with Gasteiger partial charge in [-0.1, -0.05) is 0 Å². The van der Waals surface area contributed by atoms with E-state index in [0.29, 0.717) is 13.2 Å². The largest absolute Gasteiger partial charge is 0.468 e. The van der Waals surface area contributed by atoms with Gasteiger partial charge in [0.05, 0.1) is 26.0 Å². The van der Waals surface area contributed by atoms with E-state index in [1.54, 1.807) is 17.6 Å². The first-order valence-corrected chi connectivity index (χ1v) is 6.64. The van der Waals surface area contributed by atoms with Crippen molar-refractivity contribution in [3.63, 3.8) is 0 Å². The number of hydrogen-bond donors (Lipinski definition) is 1. The lowest BCUT2D eigenvalue weighted by Crippen LogP contribution is -2.10. The van der Waals surface area contributed by atoms with Crippen LogP contribution in [0.3, 0.4) is 0 Å². The smallest absolute Gasteiger partial charge is 0.211 e. The minimum absolute atomic E-state index is 0.270. The van der Waals surface area contributed by atoms with Gasteiger partial charge in [-0.3, -0.25) is 0 Å². The summed E-state index contributed by atoms with van der Waals surface area (Å²) in [5, 5.41) is 4.19. The Morgan fingerprint density at radius 1 is 1.33 bits per heavy atom. The van der Waals surface area contributed by atoms with E-state index in [9.17, 15) is 0 Å². The van der Waals surface area contributed by atoms with Crippen molar-refractivity contribution in [2.75, 3.05) is 13.2 Å². The maximum Gasteiger partial charge on any atom is 0.211 e. The molecule has 0 atom stereocenters. The van der Waals surface area contributed by atoms with Crippen LogP contribution < -0.4 is 5.32 Å². The lowest BCUT2D eigenvalue weighted by molar-refractivity contribution is -0.0442. The highest BCUT2D eigenvalue weighted by molar-refractivity contribution is 7.11. The van der Waals surface area contributed by atoms with Gasteiger partial charge >= 0.3 is 0 Å². The molecule has 2 aromatic rings. The van der Waals surface area contributed by atoms with Crippen LogP contribution in [0.4, 0.5) is 0 Å². The predicted molar refractivity (Wildman–Crippen MR) is 66.0 cm³/mol. The molecule has 1 aliphatic heterocycles. The van der Waals surface area contributed by atoms with Gasteiger partial charge in [0.1, 0.15) is 10.8 Å². The molecule has 6 heteroatoms. The Morgan fingerprint density at radius 3 is 3.00 bits per heavy atom. The molecule has 3 heterocycles. The van der Waals surface area contributed by atoms with Crippen LogP contribution in [0.5, 0.6) is 0 Å². The average molecular weight is 266 g/mol. The molecule has 0 spiro atoms. The summed E-state index contributed by atoms with van der Waals surface area (Å²) in [4.78, 5) is 5.48. The second kappa shape index (κ2) is 5.62. The molecule has 5 nitrogen and oxygen atoms in total. The second-order valence-electron chi connectivity index (χ2n) is 3.92. The maximum atomic E-state index is 5.41. The molecule has 1 fully saturated rings. The molecule has 0 unspecified atom stereocenters. The van der Waals surface area contributed by atoms with Crippen molar-refractivity contribution in [2.24, 2.45) is 0 Å². The summed E-state index contributed by atoms with van der Waals surface area (Å²) in [7, 11) is 0. The zero-order chi connectivity index (χ0) is 12.2. The molecule has 1 saturated heterocycles. The highest BCUT2D eigenvalue weighted by Crippen LogP contribution is 2.27. The van der Waals surface area contributed by atoms with E-state index >= 15 is 0 Å². The second-order valence-corrected chi connectivity index (χ2v) is 5.07. The zero-order valence-corrected chi connectivity index (χ0v) is 10.6. The predicted octanol–water partition coefficient (Wildman–Crippen LogP) is 2.07. The van der Waals surface area contributed by atoms with E-state index in [1.165, 1.54) is 0 Å². The molecule has 0 aromatic carbocycles. The summed E-state index contributed by atoms with van der Waals surface area (Å²) in [5.41, 5.74) is 0. The van der Waals surface area contributed by atoms with Crippen molar-refractivity contribution in [1.82, 2.24) is 10.3 Å². The van der Waals surface area contributed by atoms with Crippen LogP contribution in [-0.2, 0) is 22.6 Å². The van der Waals surface area contributed by atoms with Gasteiger partial charge < -0.3 is 19.2 Å². The van der Waals surface area contributed by atoms with Gasteiger partial charge in [0.25, 0.3) is 0 Å². The van der Waals surface area contributed by atoms with Gasteiger partial charge in [-0.05, 0) is 12.1 Å². The number of hydrogen-bond acceptors (Lipinski definition) is 6. The Hall–Kier alpha value is -1.21. The first kappa shape index (κ1) is 11.9. The molecule has 0 saturated carbocycles. The van der Waals surface area contributed by atoms with Crippen molar-refractivity contribution in [1.29, 1.82) is 0 Å². The number of nitrogens with zero attached hydrogens (tertiary/aromatic N) is 1. The first-order chi connectivity index (χ1) is 8.92. The van der Waals surface area contributed by atoms with Crippen molar-refractivity contribution < 1.29 is 13.9 Å². The highest BCUT2D eigenvalue weighted by atomic mass is 32.1. The molecule has 3 rings (SSSR count). The summed E-state index contributed by atoms with van der Waals surface area (Å²) < 4.78 is 16.1. The Kier molecular flexibility index (Phi) is 3.70. The summed E-state index contributed by atoms with van der Waals surface area (Å²) in [6.45, 7) is 2.79. The number of ether oxygens (including phenoxy) is 2. The van der Waals surface area contributed by atoms with Crippen LogP contribution in [0, 0.1) is 0 Å². The molecule has 1 aliphatic rings. The van der Waals surface area contributed by atoms with Gasteiger partial charge in [-0.15, -0.1) is 11.3 Å². The molecule has 1 N–H and O–H groups in total. The van der Waals surface area contributed by atoms with E-state index < -0.39 is 0 Å². The first-order valence-electron chi connectivity index (χ1n) is 5.83. The summed E-state index contributed by atoms with van der Waals surface area (Å²) in [6.07, 6.45) is 3.27. The minimum atomic E-state index is -0.270. The quantitative estimate of drug-likeness (QED) is 0.897. The molecular formula is C12H14N2O3S. The summed E-state index contributed by atoms with van der Waals surface area (Å²) >= 11 is 1.61. The zero-order valence-electron chi connectivity index (χ0n) is 9.80. The van der Waals surface area contributed by atoms with Gasteiger partial charge in [-0.2, -0.15) is 0 Å². The molecule has 2 aromatic heterocycles. The van der Waals surface area contributed by atoms with E-state index in [1.807, 2.05) is 18.3 Å². The Morgan fingerprint density at radius 2 is 2.22 bits per heavy atom. The molecule has 0 aliphatic carbocycles. The van der Waals surface area contributed by atoms with Gasteiger partial charge in [0.15, 0.2) is 0 Å². The van der Waals surface area contributed by atoms with Crippen molar-refractivity contribution in [2.45, 2.75) is 19.4 Å². The van der Waals surface area contributed by atoms with Crippen LogP contribution in [0.15, 0.2) is 29.0 Å². The van der Waals surface area contributed by atoms with Gasteiger partial charge in [0, 0.05) is 17.6 Å². The lowest BCUT2D eigenvalue weighted by atomic mass is 10.4.